The Labute approximate surface area is 174 Å². The van der Waals surface area contributed by atoms with Gasteiger partial charge in [-0.2, -0.15) is 5.10 Å². The Kier molecular flexibility index (Phi) is 10.6. The smallest absolute Gasteiger partial charge is 0.192 e. The van der Waals surface area contributed by atoms with Crippen molar-refractivity contribution in [3.8, 4) is 0 Å². The molecule has 0 aromatic rings. The summed E-state index contributed by atoms with van der Waals surface area (Å²) < 4.78 is 23.3. The second-order valence-corrected chi connectivity index (χ2v) is 14.3. The fourth-order valence-electron chi connectivity index (χ4n) is 3.30. The largest absolute Gasteiger partial charge is 0.409 e. The number of ether oxygens (including phenoxy) is 3. The Morgan fingerprint density at radius 1 is 1.14 bits per heavy atom. The Balaban J connectivity index is 2.73. The van der Waals surface area contributed by atoms with E-state index >= 15 is 0 Å². The number of nitrogens with zero attached hydrogens (tertiary/aromatic N) is 2. The van der Waals surface area contributed by atoms with Gasteiger partial charge in [-0.05, 0) is 43.3 Å². The van der Waals surface area contributed by atoms with Crippen molar-refractivity contribution in [1.29, 1.82) is 0 Å². The lowest BCUT2D eigenvalue weighted by molar-refractivity contribution is -0.0455. The lowest BCUT2D eigenvalue weighted by Crippen LogP contribution is -2.49. The molecule has 0 spiro atoms. The van der Waals surface area contributed by atoms with Gasteiger partial charge in [0.1, 0.15) is 0 Å². The van der Waals surface area contributed by atoms with Crippen LogP contribution in [0.15, 0.2) is 5.10 Å². The summed E-state index contributed by atoms with van der Waals surface area (Å²) in [6, 6.07) is 0.398. The van der Waals surface area contributed by atoms with Crippen molar-refractivity contribution in [3.05, 3.63) is 0 Å². The molecule has 0 unspecified atom stereocenters. The van der Waals surface area contributed by atoms with E-state index in [0.29, 0.717) is 12.6 Å². The minimum atomic E-state index is -1.91. The fourth-order valence-corrected chi connectivity index (χ4v) is 4.63. The fraction of sp³-hybridized carbons (Fsp3) is 0.952. The molecule has 0 aromatic carbocycles. The zero-order chi connectivity index (χ0) is 21.4. The van der Waals surface area contributed by atoms with Crippen LogP contribution >= 0.6 is 0 Å². The zero-order valence-electron chi connectivity index (χ0n) is 19.7. The highest BCUT2D eigenvalue weighted by atomic mass is 28.4. The van der Waals surface area contributed by atoms with Crippen molar-refractivity contribution in [2.45, 2.75) is 83.3 Å². The summed E-state index contributed by atoms with van der Waals surface area (Å²) in [7, 11) is 3.34. The molecule has 6 nitrogen and oxygen atoms in total. The van der Waals surface area contributed by atoms with Crippen molar-refractivity contribution in [2.24, 2.45) is 11.0 Å². The molecule has 1 heterocycles. The first kappa shape index (κ1) is 25.6. The number of hydrazone groups is 1. The number of hydrogen-bond donors (Lipinski definition) is 0. The Morgan fingerprint density at radius 3 is 2.36 bits per heavy atom. The van der Waals surface area contributed by atoms with Crippen LogP contribution in [0.3, 0.4) is 0 Å². The molecule has 1 aliphatic rings. The van der Waals surface area contributed by atoms with Crippen LogP contribution in [-0.2, 0) is 18.6 Å². The summed E-state index contributed by atoms with van der Waals surface area (Å²) >= 11 is 0. The average Bonchev–Trinajstić information content (AvgIpc) is 3.04. The Hall–Kier alpha value is -0.473. The third kappa shape index (κ3) is 7.75. The standard InChI is InChI=1S/C21H44N2O4Si/c1-17(14-22-23-12-10-11-18(23)15-24-5)13-19(26-7)20(16-25-6)27-28(8,9)21(2,3)4/h14,17-20H,10-13,15-16H2,1-9H3/b22-14+/t17-,18+,19+,20-/m1/s1. The van der Waals surface area contributed by atoms with Crippen LogP contribution in [0, 0.1) is 5.92 Å². The van der Waals surface area contributed by atoms with Gasteiger partial charge in [-0.25, -0.2) is 0 Å². The molecule has 1 aliphatic heterocycles. The molecular weight excluding hydrogens is 372 g/mol. The van der Waals surface area contributed by atoms with Crippen molar-refractivity contribution in [3.63, 3.8) is 0 Å². The van der Waals surface area contributed by atoms with E-state index in [2.05, 4.69) is 52.0 Å². The van der Waals surface area contributed by atoms with Gasteiger partial charge in [0.25, 0.3) is 0 Å². The lowest BCUT2D eigenvalue weighted by Gasteiger charge is -2.41. The van der Waals surface area contributed by atoms with Crippen LogP contribution in [0.2, 0.25) is 18.1 Å². The molecule has 0 radical (unpaired) electrons. The van der Waals surface area contributed by atoms with Crippen LogP contribution in [0.25, 0.3) is 0 Å². The molecule has 1 saturated heterocycles. The van der Waals surface area contributed by atoms with E-state index in [1.54, 1.807) is 21.3 Å². The Morgan fingerprint density at radius 2 is 1.82 bits per heavy atom. The molecule has 0 aliphatic carbocycles. The molecular formula is C21H44N2O4Si. The van der Waals surface area contributed by atoms with Crippen molar-refractivity contribution in [1.82, 2.24) is 5.01 Å². The van der Waals surface area contributed by atoms with Gasteiger partial charge in [0, 0.05) is 34.1 Å². The maximum atomic E-state index is 6.64. The first-order chi connectivity index (χ1) is 13.1. The number of hydrogen-bond acceptors (Lipinski definition) is 6. The monoisotopic (exact) mass is 416 g/mol. The predicted octanol–water partition coefficient (Wildman–Crippen LogP) is 4.16. The van der Waals surface area contributed by atoms with Crippen molar-refractivity contribution >= 4 is 14.5 Å². The Bertz CT molecular complexity index is 468. The van der Waals surface area contributed by atoms with Gasteiger partial charge in [-0.1, -0.05) is 27.7 Å². The van der Waals surface area contributed by atoms with E-state index in [9.17, 15) is 0 Å². The van der Waals surface area contributed by atoms with E-state index in [0.717, 1.165) is 26.0 Å². The molecule has 0 bridgehead atoms. The first-order valence-electron chi connectivity index (χ1n) is 10.5. The first-order valence-corrected chi connectivity index (χ1v) is 13.5. The summed E-state index contributed by atoms with van der Waals surface area (Å²) in [5, 5.41) is 7.06. The van der Waals surface area contributed by atoms with Crippen molar-refractivity contribution < 1.29 is 18.6 Å². The minimum absolute atomic E-state index is 0.0242. The lowest BCUT2D eigenvalue weighted by atomic mass is 10.0. The third-order valence-corrected chi connectivity index (χ3v) is 10.6. The maximum Gasteiger partial charge on any atom is 0.192 e. The van der Waals surface area contributed by atoms with Gasteiger partial charge in [-0.15, -0.1) is 0 Å². The second-order valence-electron chi connectivity index (χ2n) is 9.54. The highest BCUT2D eigenvalue weighted by Crippen LogP contribution is 2.38. The van der Waals surface area contributed by atoms with Crippen LogP contribution in [-0.4, -0.2) is 78.9 Å². The molecule has 0 saturated carbocycles. The summed E-state index contributed by atoms with van der Waals surface area (Å²) in [4.78, 5) is 0. The summed E-state index contributed by atoms with van der Waals surface area (Å²) in [5.41, 5.74) is 0. The van der Waals surface area contributed by atoms with Crippen LogP contribution in [0.1, 0.15) is 47.0 Å². The highest BCUT2D eigenvalue weighted by Gasteiger charge is 2.41. The molecule has 1 rings (SSSR count). The molecule has 0 aromatic heterocycles. The predicted molar refractivity (Wildman–Crippen MR) is 119 cm³/mol. The quantitative estimate of drug-likeness (QED) is 0.353. The number of methoxy groups -OCH3 is 3. The van der Waals surface area contributed by atoms with Gasteiger partial charge in [0.05, 0.1) is 31.5 Å². The van der Waals surface area contributed by atoms with Gasteiger partial charge in [0.2, 0.25) is 0 Å². The summed E-state index contributed by atoms with van der Waals surface area (Å²) in [5.74, 6) is 0.288. The topological polar surface area (TPSA) is 52.5 Å². The van der Waals surface area contributed by atoms with Gasteiger partial charge >= 0.3 is 0 Å². The minimum Gasteiger partial charge on any atom is -0.409 e. The van der Waals surface area contributed by atoms with E-state index < -0.39 is 8.32 Å². The van der Waals surface area contributed by atoms with E-state index in [1.165, 1.54) is 6.42 Å². The average molecular weight is 417 g/mol. The molecule has 0 amide bonds. The summed E-state index contributed by atoms with van der Waals surface area (Å²) in [6.45, 7) is 15.8. The zero-order valence-corrected chi connectivity index (χ0v) is 20.7. The van der Waals surface area contributed by atoms with E-state index in [4.69, 9.17) is 23.7 Å². The second kappa shape index (κ2) is 11.6. The van der Waals surface area contributed by atoms with E-state index in [1.807, 2.05) is 0 Å². The van der Waals surface area contributed by atoms with Gasteiger partial charge in [-0.3, -0.25) is 5.01 Å². The SMILES string of the molecule is COC[C@@H]1CCCN1/N=C/[C@H](C)C[C@H](OC)[C@@H](COC)O[Si](C)(C)C(C)(C)C. The van der Waals surface area contributed by atoms with Gasteiger partial charge < -0.3 is 18.6 Å². The van der Waals surface area contributed by atoms with Gasteiger partial charge in [0.15, 0.2) is 8.32 Å². The molecule has 7 heteroatoms. The molecule has 0 N–H and O–H groups in total. The van der Waals surface area contributed by atoms with Crippen LogP contribution < -0.4 is 0 Å². The normalized spacial score (nSPS) is 22.0. The molecule has 166 valence electrons. The van der Waals surface area contributed by atoms with Crippen LogP contribution in [0.5, 0.6) is 0 Å². The molecule has 28 heavy (non-hydrogen) atoms. The van der Waals surface area contributed by atoms with Crippen LogP contribution in [0.4, 0.5) is 0 Å². The van der Waals surface area contributed by atoms with E-state index in [-0.39, 0.29) is 23.2 Å². The summed E-state index contributed by atoms with van der Waals surface area (Å²) in [6.07, 6.45) is 5.14. The maximum absolute atomic E-state index is 6.64. The van der Waals surface area contributed by atoms with Crippen molar-refractivity contribution in [2.75, 3.05) is 41.1 Å². The molecule has 1 fully saturated rings. The molecule has 4 atom stereocenters. The third-order valence-electron chi connectivity index (χ3n) is 6.08. The highest BCUT2D eigenvalue weighted by molar-refractivity contribution is 6.74. The number of rotatable bonds is 12.